The number of hydrogen-bond acceptors (Lipinski definition) is 4. The molecule has 0 saturated carbocycles. The normalized spacial score (nSPS) is 15.5. The third kappa shape index (κ3) is 6.53. The lowest BCUT2D eigenvalue weighted by Gasteiger charge is -2.32. The fraction of sp³-hybridized carbons (Fsp3) is 0.524. The van der Waals surface area contributed by atoms with Gasteiger partial charge in [-0.05, 0) is 69.4 Å². The number of nitrogens with zero attached hydrogens (tertiary/aromatic N) is 3. The van der Waals surface area contributed by atoms with Crippen molar-refractivity contribution in [2.75, 3.05) is 32.8 Å². The van der Waals surface area contributed by atoms with E-state index in [9.17, 15) is 4.79 Å². The standard InChI is InChI=1S/C21H29ClN4O2/c1-17-13-24-26(15-17)10-4-9-25-11-7-18(8-12-25)14-23-21(27)16-28-20-6-3-2-5-19(20)22/h2-3,5-6,13,15,18H,4,7-12,14,16H2,1H3,(H,23,27). The summed E-state index contributed by atoms with van der Waals surface area (Å²) >= 11 is 6.03. The largest absolute Gasteiger partial charge is 0.482 e. The molecule has 1 aromatic carbocycles. The Morgan fingerprint density at radius 1 is 1.29 bits per heavy atom. The van der Waals surface area contributed by atoms with Crippen LogP contribution in [0.1, 0.15) is 24.8 Å². The number of carbonyl (C=O) groups is 1. The molecule has 0 radical (unpaired) electrons. The van der Waals surface area contributed by atoms with E-state index in [2.05, 4.69) is 28.4 Å². The summed E-state index contributed by atoms with van der Waals surface area (Å²) in [5.41, 5.74) is 1.21. The van der Waals surface area contributed by atoms with Gasteiger partial charge >= 0.3 is 0 Å². The van der Waals surface area contributed by atoms with Gasteiger partial charge in [-0.3, -0.25) is 9.48 Å². The highest BCUT2D eigenvalue weighted by Crippen LogP contribution is 2.23. The maximum Gasteiger partial charge on any atom is 0.257 e. The van der Waals surface area contributed by atoms with Gasteiger partial charge in [0.25, 0.3) is 5.91 Å². The topological polar surface area (TPSA) is 59.4 Å². The van der Waals surface area contributed by atoms with Gasteiger partial charge in [0.1, 0.15) is 5.75 Å². The van der Waals surface area contributed by atoms with Crippen molar-refractivity contribution in [1.29, 1.82) is 0 Å². The minimum absolute atomic E-state index is 0.00448. The van der Waals surface area contributed by atoms with Crippen molar-refractivity contribution in [2.24, 2.45) is 5.92 Å². The maximum atomic E-state index is 12.0. The number of likely N-dealkylation sites (tertiary alicyclic amines) is 1. The molecule has 7 heteroatoms. The number of nitrogens with one attached hydrogen (secondary N) is 1. The first-order valence-corrected chi connectivity index (χ1v) is 10.3. The predicted molar refractivity (Wildman–Crippen MR) is 111 cm³/mol. The number of halogens is 1. The Balaban J connectivity index is 1.27. The molecular weight excluding hydrogens is 376 g/mol. The van der Waals surface area contributed by atoms with E-state index in [4.69, 9.17) is 16.3 Å². The van der Waals surface area contributed by atoms with Crippen LogP contribution >= 0.6 is 11.6 Å². The van der Waals surface area contributed by atoms with Crippen molar-refractivity contribution in [2.45, 2.75) is 32.7 Å². The number of piperidine rings is 1. The van der Waals surface area contributed by atoms with E-state index < -0.39 is 0 Å². The Bertz CT molecular complexity index is 756. The maximum absolute atomic E-state index is 12.0. The van der Waals surface area contributed by atoms with Crippen LogP contribution < -0.4 is 10.1 Å². The van der Waals surface area contributed by atoms with Crippen LogP contribution in [0.3, 0.4) is 0 Å². The summed E-state index contributed by atoms with van der Waals surface area (Å²) in [6, 6.07) is 7.18. The van der Waals surface area contributed by atoms with Crippen molar-refractivity contribution in [3.8, 4) is 5.75 Å². The molecule has 1 aliphatic heterocycles. The Morgan fingerprint density at radius 3 is 2.79 bits per heavy atom. The number of carbonyl (C=O) groups excluding carboxylic acids is 1. The lowest BCUT2D eigenvalue weighted by Crippen LogP contribution is -2.40. The smallest absolute Gasteiger partial charge is 0.257 e. The van der Waals surface area contributed by atoms with E-state index in [1.54, 1.807) is 12.1 Å². The number of para-hydroxylation sites is 1. The molecule has 6 nitrogen and oxygen atoms in total. The zero-order chi connectivity index (χ0) is 19.8. The molecule has 2 aromatic rings. The first kappa shape index (κ1) is 20.7. The number of benzene rings is 1. The molecular formula is C21H29ClN4O2. The molecule has 3 rings (SSSR count). The molecule has 1 saturated heterocycles. The molecule has 1 aromatic heterocycles. The number of rotatable bonds is 9. The van der Waals surface area contributed by atoms with Crippen LogP contribution in [0.4, 0.5) is 0 Å². The SMILES string of the molecule is Cc1cnn(CCCN2CCC(CNC(=O)COc3ccccc3Cl)CC2)c1. The predicted octanol–water partition coefficient (Wildman–Crippen LogP) is 3.14. The molecule has 2 heterocycles. The molecule has 28 heavy (non-hydrogen) atoms. The van der Waals surface area contributed by atoms with Crippen LogP contribution in [0.25, 0.3) is 0 Å². The van der Waals surface area contributed by atoms with Crippen LogP contribution in [0.5, 0.6) is 5.75 Å². The van der Waals surface area contributed by atoms with E-state index in [-0.39, 0.29) is 12.5 Å². The highest BCUT2D eigenvalue weighted by atomic mass is 35.5. The number of hydrogen-bond donors (Lipinski definition) is 1. The third-order valence-electron chi connectivity index (χ3n) is 5.11. The fourth-order valence-corrected chi connectivity index (χ4v) is 3.66. The molecule has 1 aliphatic rings. The van der Waals surface area contributed by atoms with Gasteiger partial charge in [-0.25, -0.2) is 0 Å². The van der Waals surface area contributed by atoms with Crippen LogP contribution in [0.15, 0.2) is 36.7 Å². The van der Waals surface area contributed by atoms with Gasteiger partial charge in [-0.1, -0.05) is 23.7 Å². The minimum Gasteiger partial charge on any atom is -0.482 e. The summed E-state index contributed by atoms with van der Waals surface area (Å²) in [5.74, 6) is 0.976. The van der Waals surface area contributed by atoms with Crippen molar-refractivity contribution in [3.63, 3.8) is 0 Å². The van der Waals surface area contributed by atoms with Gasteiger partial charge in [0.15, 0.2) is 6.61 Å². The Kier molecular flexibility index (Phi) is 7.74. The van der Waals surface area contributed by atoms with Crippen LogP contribution in [0, 0.1) is 12.8 Å². The highest BCUT2D eigenvalue weighted by molar-refractivity contribution is 6.32. The van der Waals surface area contributed by atoms with Gasteiger partial charge in [-0.15, -0.1) is 0 Å². The summed E-state index contributed by atoms with van der Waals surface area (Å²) in [5, 5.41) is 7.84. The zero-order valence-corrected chi connectivity index (χ0v) is 17.2. The molecule has 0 aliphatic carbocycles. The number of ether oxygens (including phenoxy) is 1. The quantitative estimate of drug-likeness (QED) is 0.697. The first-order valence-electron chi connectivity index (χ1n) is 9.95. The van der Waals surface area contributed by atoms with Gasteiger partial charge in [0, 0.05) is 19.3 Å². The summed E-state index contributed by atoms with van der Waals surface area (Å²) in [6.07, 6.45) is 7.34. The average molecular weight is 405 g/mol. The third-order valence-corrected chi connectivity index (χ3v) is 5.43. The van der Waals surface area contributed by atoms with Crippen LogP contribution in [0.2, 0.25) is 5.02 Å². The number of aromatic nitrogens is 2. The molecule has 1 fully saturated rings. The molecule has 0 unspecified atom stereocenters. The fourth-order valence-electron chi connectivity index (χ4n) is 3.47. The molecule has 0 atom stereocenters. The van der Waals surface area contributed by atoms with Gasteiger partial charge in [0.05, 0.1) is 11.2 Å². The van der Waals surface area contributed by atoms with Crippen molar-refractivity contribution in [1.82, 2.24) is 20.0 Å². The summed E-state index contributed by atoms with van der Waals surface area (Å²) < 4.78 is 7.49. The highest BCUT2D eigenvalue weighted by Gasteiger charge is 2.19. The van der Waals surface area contributed by atoms with Crippen LogP contribution in [-0.2, 0) is 11.3 Å². The molecule has 0 spiro atoms. The second-order valence-corrected chi connectivity index (χ2v) is 7.85. The Hall–Kier alpha value is -2.05. The summed E-state index contributed by atoms with van der Waals surface area (Å²) in [4.78, 5) is 14.5. The average Bonchev–Trinajstić information content (AvgIpc) is 3.12. The number of amides is 1. The lowest BCUT2D eigenvalue weighted by atomic mass is 9.96. The Morgan fingerprint density at radius 2 is 2.07 bits per heavy atom. The van der Waals surface area contributed by atoms with E-state index in [0.29, 0.717) is 23.2 Å². The van der Waals surface area contributed by atoms with Gasteiger partial charge in [-0.2, -0.15) is 5.10 Å². The van der Waals surface area contributed by atoms with E-state index in [1.165, 1.54) is 5.56 Å². The van der Waals surface area contributed by atoms with Crippen molar-refractivity contribution in [3.05, 3.63) is 47.2 Å². The van der Waals surface area contributed by atoms with E-state index >= 15 is 0 Å². The minimum atomic E-state index is -0.100. The summed E-state index contributed by atoms with van der Waals surface area (Å²) in [7, 11) is 0. The molecule has 1 N–H and O–H groups in total. The van der Waals surface area contributed by atoms with Gasteiger partial charge in [0.2, 0.25) is 0 Å². The molecule has 0 bridgehead atoms. The second-order valence-electron chi connectivity index (χ2n) is 7.44. The lowest BCUT2D eigenvalue weighted by molar-refractivity contribution is -0.123. The van der Waals surface area contributed by atoms with E-state index in [0.717, 1.165) is 45.4 Å². The zero-order valence-electron chi connectivity index (χ0n) is 16.4. The second kappa shape index (κ2) is 10.5. The van der Waals surface area contributed by atoms with Crippen LogP contribution in [-0.4, -0.2) is 53.4 Å². The monoisotopic (exact) mass is 404 g/mol. The van der Waals surface area contributed by atoms with E-state index in [1.807, 2.05) is 23.0 Å². The molecule has 152 valence electrons. The van der Waals surface area contributed by atoms with Gasteiger partial charge < -0.3 is 15.0 Å². The Labute approximate surface area is 171 Å². The summed E-state index contributed by atoms with van der Waals surface area (Å²) in [6.45, 7) is 7.03. The first-order chi connectivity index (χ1) is 13.6. The number of aryl methyl sites for hydroxylation is 2. The van der Waals surface area contributed by atoms with Crippen molar-refractivity contribution < 1.29 is 9.53 Å². The van der Waals surface area contributed by atoms with Crippen molar-refractivity contribution >= 4 is 17.5 Å². The molecule has 1 amide bonds.